The topological polar surface area (TPSA) is 59.5 Å². The Bertz CT molecular complexity index is 958. The van der Waals surface area contributed by atoms with Crippen molar-refractivity contribution in [2.75, 3.05) is 13.7 Å². The zero-order chi connectivity index (χ0) is 18.5. The fourth-order valence-corrected chi connectivity index (χ4v) is 2.70. The summed E-state index contributed by atoms with van der Waals surface area (Å²) in [5, 5.41) is 1.54. The van der Waals surface area contributed by atoms with Crippen LogP contribution in [-0.2, 0) is 16.1 Å². The van der Waals surface area contributed by atoms with Gasteiger partial charge in [0.05, 0.1) is 5.52 Å². The van der Waals surface area contributed by atoms with Gasteiger partial charge < -0.3 is 9.64 Å². The molecule has 5 nitrogen and oxygen atoms in total. The van der Waals surface area contributed by atoms with Gasteiger partial charge in [-0.15, -0.1) is 0 Å². The van der Waals surface area contributed by atoms with Crippen LogP contribution in [0, 0.1) is 0 Å². The fraction of sp³-hybridized carbons (Fsp3) is 0.150. The molecule has 0 radical (unpaired) electrons. The van der Waals surface area contributed by atoms with E-state index < -0.39 is 5.97 Å². The Kier molecular flexibility index (Phi) is 5.49. The van der Waals surface area contributed by atoms with Crippen molar-refractivity contribution in [1.29, 1.82) is 0 Å². The molecule has 0 fully saturated rings. The number of fused-ring (bicyclic) bond motifs is 1. The number of hydrogen-bond acceptors (Lipinski definition) is 4. The first-order valence-corrected chi connectivity index (χ1v) is 8.42. The third-order valence-electron chi connectivity index (χ3n) is 3.87. The number of amides is 1. The highest BCUT2D eigenvalue weighted by atomic mass is 35.5. The number of aromatic nitrogens is 1. The zero-order valence-corrected chi connectivity index (χ0v) is 14.9. The molecular formula is C20H17ClN2O3. The minimum Gasteiger partial charge on any atom is -0.451 e. The number of pyridine rings is 1. The largest absolute Gasteiger partial charge is 0.451 e. The van der Waals surface area contributed by atoms with Crippen LogP contribution < -0.4 is 0 Å². The maximum atomic E-state index is 12.2. The fourth-order valence-electron chi connectivity index (χ4n) is 2.49. The number of para-hydroxylation sites is 1. The molecule has 3 rings (SSSR count). The lowest BCUT2D eigenvalue weighted by atomic mass is 10.2. The van der Waals surface area contributed by atoms with E-state index in [1.165, 1.54) is 4.90 Å². The van der Waals surface area contributed by atoms with E-state index in [2.05, 4.69) is 4.98 Å². The maximum Gasteiger partial charge on any atom is 0.357 e. The first-order chi connectivity index (χ1) is 12.5. The van der Waals surface area contributed by atoms with Gasteiger partial charge in [-0.25, -0.2) is 9.78 Å². The second-order valence-corrected chi connectivity index (χ2v) is 6.28. The van der Waals surface area contributed by atoms with E-state index >= 15 is 0 Å². The molecular weight excluding hydrogens is 352 g/mol. The Morgan fingerprint density at radius 2 is 1.88 bits per heavy atom. The third-order valence-corrected chi connectivity index (χ3v) is 4.10. The zero-order valence-electron chi connectivity index (χ0n) is 14.2. The lowest BCUT2D eigenvalue weighted by molar-refractivity contribution is -0.133. The molecule has 6 heteroatoms. The number of nitrogens with zero attached hydrogens (tertiary/aromatic N) is 2. The third kappa shape index (κ3) is 4.37. The van der Waals surface area contributed by atoms with Crippen LogP contribution in [0.1, 0.15) is 16.1 Å². The van der Waals surface area contributed by atoms with Crippen molar-refractivity contribution in [3.8, 4) is 0 Å². The number of halogens is 1. The van der Waals surface area contributed by atoms with E-state index in [1.807, 2.05) is 36.4 Å². The Morgan fingerprint density at radius 3 is 2.69 bits per heavy atom. The van der Waals surface area contributed by atoms with Crippen LogP contribution in [0.4, 0.5) is 0 Å². The van der Waals surface area contributed by atoms with Gasteiger partial charge in [-0.1, -0.05) is 48.0 Å². The summed E-state index contributed by atoms with van der Waals surface area (Å²) >= 11 is 5.94. The van der Waals surface area contributed by atoms with Crippen molar-refractivity contribution in [2.24, 2.45) is 0 Å². The number of esters is 1. The maximum absolute atomic E-state index is 12.2. The summed E-state index contributed by atoms with van der Waals surface area (Å²) < 4.78 is 5.10. The monoisotopic (exact) mass is 368 g/mol. The average Bonchev–Trinajstić information content (AvgIpc) is 2.65. The van der Waals surface area contributed by atoms with Gasteiger partial charge in [0, 0.05) is 24.0 Å². The Morgan fingerprint density at radius 1 is 1.08 bits per heavy atom. The van der Waals surface area contributed by atoms with E-state index in [4.69, 9.17) is 16.3 Å². The number of benzene rings is 2. The molecule has 0 N–H and O–H groups in total. The highest BCUT2D eigenvalue weighted by Crippen LogP contribution is 2.13. The van der Waals surface area contributed by atoms with E-state index in [0.29, 0.717) is 17.1 Å². The number of ether oxygens (including phenoxy) is 1. The second kappa shape index (κ2) is 7.97. The molecule has 0 aliphatic carbocycles. The minimum absolute atomic E-state index is 0.175. The summed E-state index contributed by atoms with van der Waals surface area (Å²) in [7, 11) is 1.64. The number of hydrogen-bond donors (Lipinski definition) is 0. The molecule has 0 atom stereocenters. The molecule has 0 saturated heterocycles. The van der Waals surface area contributed by atoms with Gasteiger partial charge in [0.2, 0.25) is 0 Å². The van der Waals surface area contributed by atoms with E-state index in [1.54, 1.807) is 31.3 Å². The highest BCUT2D eigenvalue weighted by molar-refractivity contribution is 6.30. The molecule has 0 aliphatic heterocycles. The van der Waals surface area contributed by atoms with Gasteiger partial charge in [0.1, 0.15) is 5.69 Å². The predicted octanol–water partition coefficient (Wildman–Crippen LogP) is 3.70. The first-order valence-electron chi connectivity index (χ1n) is 8.04. The van der Waals surface area contributed by atoms with Crippen molar-refractivity contribution < 1.29 is 14.3 Å². The van der Waals surface area contributed by atoms with Crippen molar-refractivity contribution in [1.82, 2.24) is 9.88 Å². The van der Waals surface area contributed by atoms with E-state index in [-0.39, 0.29) is 18.2 Å². The molecule has 1 amide bonds. The molecule has 0 saturated carbocycles. The van der Waals surface area contributed by atoms with Gasteiger partial charge in [-0.05, 0) is 29.8 Å². The molecule has 0 unspecified atom stereocenters. The normalized spacial score (nSPS) is 10.5. The van der Waals surface area contributed by atoms with Crippen molar-refractivity contribution in [3.63, 3.8) is 0 Å². The van der Waals surface area contributed by atoms with Gasteiger partial charge >= 0.3 is 5.97 Å². The van der Waals surface area contributed by atoms with Crippen LogP contribution in [0.5, 0.6) is 0 Å². The highest BCUT2D eigenvalue weighted by Gasteiger charge is 2.15. The number of carbonyl (C=O) groups is 2. The summed E-state index contributed by atoms with van der Waals surface area (Å²) in [4.78, 5) is 30.1. The average molecular weight is 369 g/mol. The van der Waals surface area contributed by atoms with Crippen LogP contribution >= 0.6 is 11.6 Å². The summed E-state index contributed by atoms with van der Waals surface area (Å²) in [5.74, 6) is -0.931. The van der Waals surface area contributed by atoms with Crippen molar-refractivity contribution in [3.05, 3.63) is 76.9 Å². The Hall–Kier alpha value is -2.92. The number of carbonyl (C=O) groups excluding carboxylic acids is 2. The summed E-state index contributed by atoms with van der Waals surface area (Å²) in [6, 6.07) is 18.1. The van der Waals surface area contributed by atoms with Gasteiger partial charge in [0.25, 0.3) is 5.91 Å². The summed E-state index contributed by atoms with van der Waals surface area (Å²) in [6.45, 7) is 0.0373. The molecule has 0 spiro atoms. The number of rotatable bonds is 5. The molecule has 2 aromatic carbocycles. The predicted molar refractivity (Wildman–Crippen MR) is 100.0 cm³/mol. The molecule has 1 aromatic heterocycles. The molecule has 0 aliphatic rings. The molecule has 26 heavy (non-hydrogen) atoms. The molecule has 132 valence electrons. The minimum atomic E-state index is -0.625. The van der Waals surface area contributed by atoms with Gasteiger partial charge in [0.15, 0.2) is 6.61 Å². The molecule has 3 aromatic rings. The summed E-state index contributed by atoms with van der Waals surface area (Å²) in [5.41, 5.74) is 1.77. The molecule has 0 bridgehead atoms. The van der Waals surface area contributed by atoms with Crippen LogP contribution in [0.15, 0.2) is 60.7 Å². The van der Waals surface area contributed by atoms with Crippen LogP contribution in [-0.4, -0.2) is 35.4 Å². The van der Waals surface area contributed by atoms with E-state index in [9.17, 15) is 9.59 Å². The quantitative estimate of drug-likeness (QED) is 0.644. The lowest BCUT2D eigenvalue weighted by Gasteiger charge is -2.17. The van der Waals surface area contributed by atoms with Gasteiger partial charge in [-0.2, -0.15) is 0 Å². The number of likely N-dealkylation sites (N-methyl/N-ethyl adjacent to an activating group) is 1. The standard InChI is InChI=1S/C20H17ClN2O3/c1-23(12-14-5-4-7-16(21)11-14)19(24)13-26-20(25)18-10-9-15-6-2-3-8-17(15)22-18/h2-11H,12-13H2,1H3. The van der Waals surface area contributed by atoms with Crippen LogP contribution in [0.3, 0.4) is 0 Å². The lowest BCUT2D eigenvalue weighted by Crippen LogP contribution is -2.30. The SMILES string of the molecule is CN(Cc1cccc(Cl)c1)C(=O)COC(=O)c1ccc2ccccc2n1. The Labute approximate surface area is 156 Å². The first kappa shape index (κ1) is 17.9. The summed E-state index contributed by atoms with van der Waals surface area (Å²) in [6.07, 6.45) is 0. The van der Waals surface area contributed by atoms with Crippen LogP contribution in [0.25, 0.3) is 10.9 Å². The van der Waals surface area contributed by atoms with E-state index in [0.717, 1.165) is 10.9 Å². The van der Waals surface area contributed by atoms with Crippen molar-refractivity contribution >= 4 is 34.4 Å². The second-order valence-electron chi connectivity index (χ2n) is 5.85. The van der Waals surface area contributed by atoms with Crippen molar-refractivity contribution in [2.45, 2.75) is 6.54 Å². The van der Waals surface area contributed by atoms with Crippen LogP contribution in [0.2, 0.25) is 5.02 Å². The smallest absolute Gasteiger partial charge is 0.357 e. The molecule has 1 heterocycles. The Balaban J connectivity index is 1.58. The van der Waals surface area contributed by atoms with Gasteiger partial charge in [-0.3, -0.25) is 4.79 Å².